The molecule has 2 saturated heterocycles. The third-order valence-corrected chi connectivity index (χ3v) is 5.17. The molecule has 1 aromatic carbocycles. The van der Waals surface area contributed by atoms with Crippen molar-refractivity contribution >= 4 is 35.1 Å². The number of carbonyl (C=O) groups is 3. The lowest BCUT2D eigenvalue weighted by Gasteiger charge is -2.49. The number of ether oxygens (including phenoxy) is 1. The summed E-state index contributed by atoms with van der Waals surface area (Å²) in [7, 11) is 0. The minimum atomic E-state index is -1.26. The number of non-ortho nitro benzene ring substituents is 1. The van der Waals surface area contributed by atoms with Gasteiger partial charge in [-0.05, 0) is 17.7 Å². The zero-order chi connectivity index (χ0) is 17.4. The van der Waals surface area contributed by atoms with Gasteiger partial charge in [0.05, 0.1) is 10.7 Å². The number of hydrogen-bond donors (Lipinski definition) is 1. The highest BCUT2D eigenvalue weighted by Crippen LogP contribution is 2.36. The number of β-lactam (4-membered cyclic amide) rings is 1. The lowest BCUT2D eigenvalue weighted by atomic mass is 10.0. The van der Waals surface area contributed by atoms with Gasteiger partial charge in [-0.25, -0.2) is 4.79 Å². The molecule has 0 spiro atoms. The first-order chi connectivity index (χ1) is 11.4. The van der Waals surface area contributed by atoms with Crippen LogP contribution in [-0.4, -0.2) is 50.7 Å². The largest absolute Gasteiger partial charge is 0.459 e. The summed E-state index contributed by atoms with van der Waals surface area (Å²) in [5, 5.41) is 10.2. The Morgan fingerprint density at radius 3 is 2.67 bits per heavy atom. The topological polar surface area (TPSA) is 133 Å². The van der Waals surface area contributed by atoms with Crippen LogP contribution in [0.5, 0.6) is 0 Å². The van der Waals surface area contributed by atoms with Gasteiger partial charge >= 0.3 is 5.97 Å². The molecule has 0 bridgehead atoms. The van der Waals surface area contributed by atoms with E-state index in [1.165, 1.54) is 40.9 Å². The van der Waals surface area contributed by atoms with Crippen LogP contribution in [0.2, 0.25) is 0 Å². The highest BCUT2D eigenvalue weighted by molar-refractivity contribution is 8.00. The van der Waals surface area contributed by atoms with Crippen LogP contribution >= 0.6 is 11.8 Å². The molecule has 24 heavy (non-hydrogen) atoms. The summed E-state index contributed by atoms with van der Waals surface area (Å²) in [6.07, 6.45) is 0. The average molecular weight is 351 g/mol. The Balaban J connectivity index is 1.64. The molecule has 3 atom stereocenters. The summed E-state index contributed by atoms with van der Waals surface area (Å²) >= 11 is 1.23. The van der Waals surface area contributed by atoms with Gasteiger partial charge in [0.1, 0.15) is 18.0 Å². The van der Waals surface area contributed by atoms with E-state index >= 15 is 0 Å². The van der Waals surface area contributed by atoms with Crippen LogP contribution in [-0.2, 0) is 25.7 Å². The molecule has 2 N–H and O–H groups in total. The number of nitrogens with two attached hydrogens (primary N) is 1. The van der Waals surface area contributed by atoms with Crippen molar-refractivity contribution < 1.29 is 24.0 Å². The SMILES string of the molecule is NC1C(=O)N2C(C(=O)OCc3ccc([N+](=O)[O-])cc3)C(=O)CS[C@@H]12. The summed E-state index contributed by atoms with van der Waals surface area (Å²) in [4.78, 5) is 47.2. The van der Waals surface area contributed by atoms with Gasteiger partial charge in [0, 0.05) is 12.1 Å². The first-order valence-corrected chi connectivity index (χ1v) is 8.07. The van der Waals surface area contributed by atoms with Gasteiger partial charge in [-0.1, -0.05) is 0 Å². The van der Waals surface area contributed by atoms with Gasteiger partial charge in [0.2, 0.25) is 5.91 Å². The highest BCUT2D eigenvalue weighted by atomic mass is 32.2. The molecule has 2 fully saturated rings. The molecule has 10 heteroatoms. The van der Waals surface area contributed by atoms with Crippen LogP contribution in [0.4, 0.5) is 5.69 Å². The summed E-state index contributed by atoms with van der Waals surface area (Å²) in [6, 6.07) is 3.53. The lowest BCUT2D eigenvalue weighted by molar-refractivity contribution is -0.384. The van der Waals surface area contributed by atoms with Crippen LogP contribution in [0.3, 0.4) is 0 Å². The Labute approximate surface area is 140 Å². The number of benzene rings is 1. The van der Waals surface area contributed by atoms with Gasteiger partial charge < -0.3 is 15.4 Å². The molecule has 2 aliphatic rings. The van der Waals surface area contributed by atoms with E-state index in [4.69, 9.17) is 10.5 Å². The molecule has 0 aliphatic carbocycles. The van der Waals surface area contributed by atoms with E-state index in [1.54, 1.807) is 0 Å². The monoisotopic (exact) mass is 351 g/mol. The van der Waals surface area contributed by atoms with E-state index < -0.39 is 34.7 Å². The quantitative estimate of drug-likeness (QED) is 0.260. The number of hydrogen-bond acceptors (Lipinski definition) is 8. The zero-order valence-corrected chi connectivity index (χ0v) is 13.1. The van der Waals surface area contributed by atoms with Crippen molar-refractivity contribution in [2.24, 2.45) is 5.73 Å². The number of fused-ring (bicyclic) bond motifs is 1. The van der Waals surface area contributed by atoms with Crippen molar-refractivity contribution in [1.82, 2.24) is 4.90 Å². The van der Waals surface area contributed by atoms with Crippen molar-refractivity contribution in [1.29, 1.82) is 0 Å². The number of nitro benzene ring substituents is 1. The maximum absolute atomic E-state index is 12.2. The van der Waals surface area contributed by atoms with E-state index in [2.05, 4.69) is 0 Å². The fourth-order valence-corrected chi connectivity index (χ4v) is 3.77. The minimum Gasteiger partial charge on any atom is -0.459 e. The van der Waals surface area contributed by atoms with E-state index in [-0.39, 0.29) is 23.4 Å². The average Bonchev–Trinajstić information content (AvgIpc) is 2.59. The number of nitrogens with zero attached hydrogens (tertiary/aromatic N) is 2. The summed E-state index contributed by atoms with van der Waals surface area (Å²) in [5.41, 5.74) is 6.12. The summed E-state index contributed by atoms with van der Waals surface area (Å²) < 4.78 is 5.10. The standard InChI is InChI=1S/C14H13N3O6S/c15-10-12(19)16-11(9(18)6-24-13(10)16)14(20)23-5-7-1-3-8(4-2-7)17(21)22/h1-4,10-11,13H,5-6,15H2/t10?,11?,13-/m0/s1. The van der Waals surface area contributed by atoms with Crippen molar-refractivity contribution in [3.8, 4) is 0 Å². The predicted molar refractivity (Wildman–Crippen MR) is 82.8 cm³/mol. The van der Waals surface area contributed by atoms with E-state index in [0.717, 1.165) is 0 Å². The van der Waals surface area contributed by atoms with E-state index in [1.807, 2.05) is 0 Å². The smallest absolute Gasteiger partial charge is 0.337 e. The maximum Gasteiger partial charge on any atom is 0.337 e. The second-order valence-electron chi connectivity index (χ2n) is 5.37. The minimum absolute atomic E-state index is 0.0763. The molecule has 2 aliphatic heterocycles. The van der Waals surface area contributed by atoms with Crippen LogP contribution in [0.25, 0.3) is 0 Å². The van der Waals surface area contributed by atoms with Crippen LogP contribution in [0.1, 0.15) is 5.56 Å². The first-order valence-electron chi connectivity index (χ1n) is 7.02. The van der Waals surface area contributed by atoms with E-state index in [9.17, 15) is 24.5 Å². The van der Waals surface area contributed by atoms with Crippen molar-refractivity contribution in [2.45, 2.75) is 24.1 Å². The van der Waals surface area contributed by atoms with Crippen LogP contribution in [0, 0.1) is 10.1 Å². The molecular weight excluding hydrogens is 338 g/mol. The number of nitro groups is 1. The summed E-state index contributed by atoms with van der Waals surface area (Å²) in [5.74, 6) is -1.56. The molecule has 9 nitrogen and oxygen atoms in total. The second-order valence-corrected chi connectivity index (χ2v) is 6.48. The number of rotatable bonds is 4. The maximum atomic E-state index is 12.2. The van der Waals surface area contributed by atoms with Gasteiger partial charge in [-0.3, -0.25) is 19.7 Å². The summed E-state index contributed by atoms with van der Waals surface area (Å²) in [6.45, 7) is -0.146. The van der Waals surface area contributed by atoms with Gasteiger partial charge in [0.15, 0.2) is 11.8 Å². The number of ketones is 1. The zero-order valence-electron chi connectivity index (χ0n) is 12.3. The molecule has 0 saturated carbocycles. The number of esters is 1. The molecule has 1 aromatic rings. The third-order valence-electron chi connectivity index (χ3n) is 3.85. The molecule has 0 aromatic heterocycles. The molecule has 2 heterocycles. The van der Waals surface area contributed by atoms with Crippen LogP contribution in [0.15, 0.2) is 24.3 Å². The molecule has 126 valence electrons. The van der Waals surface area contributed by atoms with Crippen molar-refractivity contribution in [3.63, 3.8) is 0 Å². The first kappa shape index (κ1) is 16.4. The van der Waals surface area contributed by atoms with E-state index in [0.29, 0.717) is 5.56 Å². The van der Waals surface area contributed by atoms with Crippen LogP contribution < -0.4 is 5.73 Å². The molecule has 3 rings (SSSR count). The molecule has 1 amide bonds. The third kappa shape index (κ3) is 2.74. The normalized spacial score (nSPS) is 25.7. The Bertz CT molecular complexity index is 722. The molecule has 0 radical (unpaired) electrons. The molecular formula is C14H13N3O6S. The number of amides is 1. The van der Waals surface area contributed by atoms with Crippen molar-refractivity contribution in [3.05, 3.63) is 39.9 Å². The Kier molecular flexibility index (Phi) is 4.24. The Morgan fingerprint density at radius 2 is 2.04 bits per heavy atom. The molecule has 2 unspecified atom stereocenters. The number of Topliss-reactive ketones (excluding diaryl/α,β-unsaturated/α-hetero) is 1. The predicted octanol–water partition coefficient (Wildman–Crippen LogP) is -0.182. The van der Waals surface area contributed by atoms with Gasteiger partial charge in [-0.2, -0.15) is 0 Å². The van der Waals surface area contributed by atoms with Crippen molar-refractivity contribution in [2.75, 3.05) is 5.75 Å². The van der Waals surface area contributed by atoms with Gasteiger partial charge in [-0.15, -0.1) is 11.8 Å². The number of thioether (sulfide) groups is 1. The Morgan fingerprint density at radius 1 is 1.38 bits per heavy atom. The number of carbonyl (C=O) groups excluding carboxylic acids is 3. The fraction of sp³-hybridized carbons (Fsp3) is 0.357. The van der Waals surface area contributed by atoms with Gasteiger partial charge in [0.25, 0.3) is 5.69 Å². The highest BCUT2D eigenvalue weighted by Gasteiger charge is 2.56. The Hall–Kier alpha value is -2.46. The second kappa shape index (κ2) is 6.21. The fourth-order valence-electron chi connectivity index (χ4n) is 2.56. The lowest BCUT2D eigenvalue weighted by Crippen LogP contribution is -2.74.